The molecule has 0 aliphatic carbocycles. The van der Waals surface area contributed by atoms with E-state index in [9.17, 15) is 14.7 Å². The summed E-state index contributed by atoms with van der Waals surface area (Å²) in [5, 5.41) is 12.8. The van der Waals surface area contributed by atoms with Crippen molar-refractivity contribution in [2.75, 3.05) is 13.2 Å². The van der Waals surface area contributed by atoms with Crippen LogP contribution in [0.15, 0.2) is 47.1 Å². The number of amides is 2. The molecular weight excluding hydrogens is 320 g/mol. The maximum Gasteiger partial charge on any atom is 0.261 e. The number of imide groups is 1. The van der Waals surface area contributed by atoms with Crippen LogP contribution in [0.25, 0.3) is 0 Å². The fraction of sp³-hybridized carbons (Fsp3) is 0.368. The average molecular weight is 342 g/mol. The molecular formula is C19H22N2O4. The van der Waals surface area contributed by atoms with Crippen molar-refractivity contribution in [3.63, 3.8) is 0 Å². The van der Waals surface area contributed by atoms with Crippen molar-refractivity contribution >= 4 is 11.8 Å². The molecule has 1 aliphatic heterocycles. The van der Waals surface area contributed by atoms with Crippen molar-refractivity contribution in [1.82, 2.24) is 10.2 Å². The van der Waals surface area contributed by atoms with E-state index in [4.69, 9.17) is 4.42 Å². The highest BCUT2D eigenvalue weighted by Crippen LogP contribution is 2.23. The first-order valence-corrected chi connectivity index (χ1v) is 8.47. The second-order valence-electron chi connectivity index (χ2n) is 6.27. The topological polar surface area (TPSA) is 82.8 Å². The number of fused-ring (bicyclic) bond motifs is 1. The Hall–Kier alpha value is -2.44. The quantitative estimate of drug-likeness (QED) is 0.720. The highest BCUT2D eigenvalue weighted by Gasteiger charge is 2.34. The van der Waals surface area contributed by atoms with Gasteiger partial charge in [0.25, 0.3) is 11.8 Å². The van der Waals surface area contributed by atoms with E-state index in [2.05, 4.69) is 5.32 Å². The van der Waals surface area contributed by atoms with Crippen LogP contribution in [-0.4, -0.2) is 41.0 Å². The summed E-state index contributed by atoms with van der Waals surface area (Å²) in [6.07, 6.45) is 3.03. The van der Waals surface area contributed by atoms with E-state index in [1.807, 2.05) is 13.0 Å². The highest BCUT2D eigenvalue weighted by atomic mass is 16.3. The number of rotatable bonds is 8. The van der Waals surface area contributed by atoms with E-state index in [-0.39, 0.29) is 30.5 Å². The van der Waals surface area contributed by atoms with Crippen LogP contribution in [0.1, 0.15) is 52.3 Å². The van der Waals surface area contributed by atoms with Gasteiger partial charge < -0.3 is 14.8 Å². The van der Waals surface area contributed by atoms with Crippen LogP contribution in [0.3, 0.4) is 0 Å². The molecule has 6 nitrogen and oxygen atoms in total. The highest BCUT2D eigenvalue weighted by molar-refractivity contribution is 6.21. The molecule has 0 radical (unpaired) electrons. The molecule has 0 spiro atoms. The number of carbonyl (C=O) groups is 2. The fourth-order valence-electron chi connectivity index (χ4n) is 3.14. The Bertz CT molecular complexity index is 707. The maximum absolute atomic E-state index is 12.3. The van der Waals surface area contributed by atoms with E-state index < -0.39 is 0 Å². The molecule has 0 saturated carbocycles. The average Bonchev–Trinajstić information content (AvgIpc) is 3.23. The van der Waals surface area contributed by atoms with E-state index in [1.54, 1.807) is 36.6 Å². The van der Waals surface area contributed by atoms with Gasteiger partial charge in [-0.1, -0.05) is 12.1 Å². The van der Waals surface area contributed by atoms with Crippen molar-refractivity contribution in [3.05, 3.63) is 59.5 Å². The third-order valence-electron chi connectivity index (χ3n) is 4.45. The predicted molar refractivity (Wildman–Crippen MR) is 92.2 cm³/mol. The Morgan fingerprint density at radius 3 is 2.36 bits per heavy atom. The van der Waals surface area contributed by atoms with Gasteiger partial charge in [0.15, 0.2) is 0 Å². The molecule has 1 aromatic heterocycles. The van der Waals surface area contributed by atoms with Gasteiger partial charge in [-0.15, -0.1) is 0 Å². The number of hydrogen-bond acceptors (Lipinski definition) is 5. The molecule has 0 fully saturated rings. The summed E-state index contributed by atoms with van der Waals surface area (Å²) in [5.41, 5.74) is 0.966. The van der Waals surface area contributed by atoms with E-state index in [1.165, 1.54) is 4.90 Å². The number of carbonyl (C=O) groups excluding carboxylic acids is 2. The van der Waals surface area contributed by atoms with Crippen LogP contribution in [0.4, 0.5) is 0 Å². The number of aliphatic hydroxyl groups is 1. The largest absolute Gasteiger partial charge is 0.468 e. The number of hydrogen-bond donors (Lipinski definition) is 2. The summed E-state index contributed by atoms with van der Waals surface area (Å²) in [6.45, 7) is 2.34. The normalized spacial score (nSPS) is 16.2. The molecule has 1 aliphatic rings. The summed E-state index contributed by atoms with van der Waals surface area (Å²) >= 11 is 0. The monoisotopic (exact) mass is 342 g/mol. The molecule has 1 aromatic carbocycles. The Morgan fingerprint density at radius 2 is 1.80 bits per heavy atom. The Balaban J connectivity index is 1.50. The summed E-state index contributed by atoms with van der Waals surface area (Å²) in [4.78, 5) is 25.9. The lowest BCUT2D eigenvalue weighted by molar-refractivity contribution is 0.0650. The van der Waals surface area contributed by atoms with Crippen molar-refractivity contribution in [3.8, 4) is 0 Å². The molecule has 2 amide bonds. The molecule has 6 heteroatoms. The zero-order valence-electron chi connectivity index (χ0n) is 14.1. The third-order valence-corrected chi connectivity index (χ3v) is 4.45. The fourth-order valence-corrected chi connectivity index (χ4v) is 3.14. The molecule has 0 bridgehead atoms. The summed E-state index contributed by atoms with van der Waals surface area (Å²) < 4.78 is 5.32. The van der Waals surface area contributed by atoms with Crippen LogP contribution in [0.2, 0.25) is 0 Å². The van der Waals surface area contributed by atoms with Crippen LogP contribution >= 0.6 is 0 Å². The second-order valence-corrected chi connectivity index (χ2v) is 6.27. The first-order chi connectivity index (χ1) is 12.1. The van der Waals surface area contributed by atoms with Crippen LogP contribution in [-0.2, 0) is 0 Å². The standard InChI is InChI=1S/C19H22N2O4/c1-13(20-16(12-22)17-9-5-11-25-17)6-4-10-21-18(23)14-7-2-3-8-15(14)19(21)24/h2-3,5,7-9,11,13,16,20,22H,4,6,10,12H2,1H3. The van der Waals surface area contributed by atoms with Crippen molar-refractivity contribution in [1.29, 1.82) is 0 Å². The van der Waals surface area contributed by atoms with E-state index in [0.717, 1.165) is 6.42 Å². The zero-order chi connectivity index (χ0) is 17.8. The van der Waals surface area contributed by atoms with E-state index >= 15 is 0 Å². The minimum absolute atomic E-state index is 0.0593. The van der Waals surface area contributed by atoms with Crippen molar-refractivity contribution in [2.24, 2.45) is 0 Å². The molecule has 2 aromatic rings. The Kier molecular flexibility index (Phi) is 5.31. The molecule has 2 unspecified atom stereocenters. The molecule has 2 heterocycles. The molecule has 3 rings (SSSR count). The van der Waals surface area contributed by atoms with Crippen molar-refractivity contribution < 1.29 is 19.1 Å². The lowest BCUT2D eigenvalue weighted by atomic mass is 10.1. The van der Waals surface area contributed by atoms with Gasteiger partial charge >= 0.3 is 0 Å². The Morgan fingerprint density at radius 1 is 1.12 bits per heavy atom. The smallest absolute Gasteiger partial charge is 0.261 e. The maximum atomic E-state index is 12.3. The SMILES string of the molecule is CC(CCCN1C(=O)c2ccccc2C1=O)NC(CO)c1ccco1. The number of nitrogens with one attached hydrogen (secondary N) is 1. The molecule has 0 saturated heterocycles. The van der Waals surface area contributed by atoms with Gasteiger partial charge in [-0.05, 0) is 44.0 Å². The van der Waals surface area contributed by atoms with Gasteiger partial charge in [-0.3, -0.25) is 14.5 Å². The number of furan rings is 1. The van der Waals surface area contributed by atoms with Gasteiger partial charge in [0.2, 0.25) is 0 Å². The summed E-state index contributed by atoms with van der Waals surface area (Å²) in [5.74, 6) is 0.254. The van der Waals surface area contributed by atoms with Crippen LogP contribution < -0.4 is 5.32 Å². The predicted octanol–water partition coefficient (Wildman–Crippen LogP) is 2.37. The number of nitrogens with zero attached hydrogens (tertiary/aromatic N) is 1. The zero-order valence-corrected chi connectivity index (χ0v) is 14.1. The van der Waals surface area contributed by atoms with E-state index in [0.29, 0.717) is 29.9 Å². The Labute approximate surface area is 146 Å². The summed E-state index contributed by atoms with van der Waals surface area (Å²) in [6, 6.07) is 10.4. The van der Waals surface area contributed by atoms with Gasteiger partial charge in [0.1, 0.15) is 5.76 Å². The summed E-state index contributed by atoms with van der Waals surface area (Å²) in [7, 11) is 0. The first kappa shape index (κ1) is 17.4. The first-order valence-electron chi connectivity index (χ1n) is 8.47. The lowest BCUT2D eigenvalue weighted by Crippen LogP contribution is -2.34. The molecule has 2 N–H and O–H groups in total. The van der Waals surface area contributed by atoms with Crippen LogP contribution in [0.5, 0.6) is 0 Å². The number of benzene rings is 1. The second kappa shape index (κ2) is 7.63. The lowest BCUT2D eigenvalue weighted by Gasteiger charge is -2.21. The van der Waals surface area contributed by atoms with Gasteiger partial charge in [0.05, 0.1) is 30.0 Å². The van der Waals surface area contributed by atoms with Gasteiger partial charge in [-0.2, -0.15) is 0 Å². The molecule has 2 atom stereocenters. The van der Waals surface area contributed by atoms with Gasteiger partial charge in [0, 0.05) is 12.6 Å². The third kappa shape index (κ3) is 3.65. The molecule has 25 heavy (non-hydrogen) atoms. The number of aliphatic hydroxyl groups excluding tert-OH is 1. The van der Waals surface area contributed by atoms with Crippen LogP contribution in [0, 0.1) is 0 Å². The van der Waals surface area contributed by atoms with Gasteiger partial charge in [-0.25, -0.2) is 0 Å². The molecule has 132 valence electrons. The minimum atomic E-state index is -0.260. The van der Waals surface area contributed by atoms with Crippen molar-refractivity contribution in [2.45, 2.75) is 31.8 Å². The minimum Gasteiger partial charge on any atom is -0.468 e.